The lowest BCUT2D eigenvalue weighted by atomic mass is 9.45. The molecule has 0 aromatic carbocycles. The summed E-state index contributed by atoms with van der Waals surface area (Å²) in [6, 6.07) is 0. The number of aliphatic hydroxyl groups is 2. The van der Waals surface area contributed by atoms with Crippen LogP contribution >= 0.6 is 0 Å². The van der Waals surface area contributed by atoms with Crippen LogP contribution in [0.2, 0.25) is 0 Å². The average molecular weight is 465 g/mol. The SMILES string of the molecule is C=C1[C@H](O)C[C@H]2[C@@](C)(COC(C)=O)C[C@@H](O)C[C@]2(C)[C@H]1CC/C(C)=C/COC(=O)[C@@H](C)CC. The molecular weight excluding hydrogens is 420 g/mol. The van der Waals surface area contributed by atoms with Crippen LogP contribution in [-0.2, 0) is 19.1 Å². The van der Waals surface area contributed by atoms with Crippen molar-refractivity contribution in [3.63, 3.8) is 0 Å². The van der Waals surface area contributed by atoms with Gasteiger partial charge < -0.3 is 19.7 Å². The van der Waals surface area contributed by atoms with Crippen molar-refractivity contribution in [2.75, 3.05) is 13.2 Å². The Labute approximate surface area is 199 Å². The van der Waals surface area contributed by atoms with Crippen LogP contribution in [0.1, 0.15) is 80.1 Å². The molecule has 2 fully saturated rings. The van der Waals surface area contributed by atoms with E-state index < -0.39 is 17.6 Å². The molecule has 0 spiro atoms. The third kappa shape index (κ3) is 6.48. The van der Waals surface area contributed by atoms with Gasteiger partial charge in [0.2, 0.25) is 0 Å². The molecule has 0 bridgehead atoms. The van der Waals surface area contributed by atoms with Crippen LogP contribution in [0.15, 0.2) is 23.8 Å². The Morgan fingerprint density at radius 1 is 1.21 bits per heavy atom. The van der Waals surface area contributed by atoms with Crippen molar-refractivity contribution < 1.29 is 29.3 Å². The van der Waals surface area contributed by atoms with Crippen LogP contribution in [0, 0.1) is 28.6 Å². The molecule has 2 rings (SSSR count). The normalized spacial score (nSPS) is 35.5. The van der Waals surface area contributed by atoms with Gasteiger partial charge in [0.15, 0.2) is 0 Å². The fraction of sp³-hybridized carbons (Fsp3) is 0.778. The minimum Gasteiger partial charge on any atom is -0.465 e. The topological polar surface area (TPSA) is 93.1 Å². The highest BCUT2D eigenvalue weighted by atomic mass is 16.5. The molecule has 0 aromatic heterocycles. The number of carbonyl (C=O) groups excluding carboxylic acids is 2. The predicted molar refractivity (Wildman–Crippen MR) is 128 cm³/mol. The van der Waals surface area contributed by atoms with E-state index in [1.54, 1.807) is 0 Å². The molecule has 0 heterocycles. The Kier molecular flexibility index (Phi) is 9.34. The Morgan fingerprint density at radius 2 is 1.88 bits per heavy atom. The van der Waals surface area contributed by atoms with E-state index in [4.69, 9.17) is 9.47 Å². The van der Waals surface area contributed by atoms with Gasteiger partial charge in [0.05, 0.1) is 24.7 Å². The number of allylic oxidation sites excluding steroid dienone is 1. The third-order valence-electron chi connectivity index (χ3n) is 8.25. The molecular formula is C27H44O6. The molecule has 0 unspecified atom stereocenters. The number of ether oxygens (including phenoxy) is 2. The summed E-state index contributed by atoms with van der Waals surface area (Å²) >= 11 is 0. The summed E-state index contributed by atoms with van der Waals surface area (Å²) in [4.78, 5) is 23.4. The third-order valence-corrected chi connectivity index (χ3v) is 8.25. The number of rotatable bonds is 9. The molecule has 188 valence electrons. The molecule has 7 atom stereocenters. The number of carbonyl (C=O) groups is 2. The van der Waals surface area contributed by atoms with E-state index in [0.29, 0.717) is 19.3 Å². The number of aliphatic hydroxyl groups excluding tert-OH is 2. The molecule has 2 aliphatic rings. The summed E-state index contributed by atoms with van der Waals surface area (Å²) in [6.45, 7) is 16.3. The summed E-state index contributed by atoms with van der Waals surface area (Å²) < 4.78 is 10.7. The van der Waals surface area contributed by atoms with Crippen LogP contribution in [0.5, 0.6) is 0 Å². The van der Waals surface area contributed by atoms with Gasteiger partial charge in [0.25, 0.3) is 0 Å². The molecule has 0 amide bonds. The molecule has 0 saturated heterocycles. The predicted octanol–water partition coefficient (Wildman–Crippen LogP) is 4.59. The van der Waals surface area contributed by atoms with E-state index in [9.17, 15) is 19.8 Å². The van der Waals surface area contributed by atoms with Gasteiger partial charge in [-0.05, 0) is 74.3 Å². The van der Waals surface area contributed by atoms with E-state index in [-0.39, 0.29) is 48.3 Å². The Hall–Kier alpha value is -1.66. The van der Waals surface area contributed by atoms with Gasteiger partial charge >= 0.3 is 11.9 Å². The van der Waals surface area contributed by atoms with Crippen LogP contribution in [0.25, 0.3) is 0 Å². The fourth-order valence-electron chi connectivity index (χ4n) is 6.16. The van der Waals surface area contributed by atoms with Crippen LogP contribution in [-0.4, -0.2) is 47.6 Å². The number of hydrogen-bond donors (Lipinski definition) is 2. The van der Waals surface area contributed by atoms with Gasteiger partial charge in [-0.1, -0.05) is 39.8 Å². The van der Waals surface area contributed by atoms with Crippen LogP contribution in [0.4, 0.5) is 0 Å². The lowest BCUT2D eigenvalue weighted by Crippen LogP contribution is -2.58. The molecule has 2 aliphatic carbocycles. The molecule has 0 aromatic rings. The zero-order valence-corrected chi connectivity index (χ0v) is 21.4. The highest BCUT2D eigenvalue weighted by molar-refractivity contribution is 5.71. The van der Waals surface area contributed by atoms with Crippen molar-refractivity contribution in [3.8, 4) is 0 Å². The summed E-state index contributed by atoms with van der Waals surface area (Å²) in [6.07, 6.45) is 4.94. The number of hydrogen-bond acceptors (Lipinski definition) is 6. The van der Waals surface area contributed by atoms with E-state index in [0.717, 1.165) is 30.4 Å². The molecule has 6 heteroatoms. The van der Waals surface area contributed by atoms with Crippen molar-refractivity contribution >= 4 is 11.9 Å². The second-order valence-electron chi connectivity index (χ2n) is 11.0. The van der Waals surface area contributed by atoms with Gasteiger partial charge in [0, 0.05) is 12.3 Å². The maximum atomic E-state index is 11.9. The number of fused-ring (bicyclic) bond motifs is 1. The van der Waals surface area contributed by atoms with E-state index >= 15 is 0 Å². The first-order valence-electron chi connectivity index (χ1n) is 12.3. The second-order valence-corrected chi connectivity index (χ2v) is 11.0. The van der Waals surface area contributed by atoms with Gasteiger partial charge in [-0.15, -0.1) is 0 Å². The maximum absolute atomic E-state index is 11.9. The maximum Gasteiger partial charge on any atom is 0.308 e. The van der Waals surface area contributed by atoms with Crippen molar-refractivity contribution in [2.24, 2.45) is 28.6 Å². The summed E-state index contributed by atoms with van der Waals surface area (Å²) in [5.74, 6) is -0.474. The molecule has 6 nitrogen and oxygen atoms in total. The fourth-order valence-corrected chi connectivity index (χ4v) is 6.16. The van der Waals surface area contributed by atoms with Crippen molar-refractivity contribution in [2.45, 2.75) is 92.3 Å². The highest BCUT2D eigenvalue weighted by Gasteiger charge is 2.58. The second kappa shape index (κ2) is 11.2. The van der Waals surface area contributed by atoms with Crippen LogP contribution < -0.4 is 0 Å². The van der Waals surface area contributed by atoms with Gasteiger partial charge in [-0.3, -0.25) is 9.59 Å². The van der Waals surface area contributed by atoms with Crippen molar-refractivity contribution in [1.29, 1.82) is 0 Å². The molecule has 0 radical (unpaired) electrons. The van der Waals surface area contributed by atoms with E-state index in [1.807, 2.05) is 26.8 Å². The summed E-state index contributed by atoms with van der Waals surface area (Å²) in [7, 11) is 0. The standard InChI is InChI=1S/C27H44O6/c1-8-18(3)25(31)32-12-11-17(2)9-10-22-19(4)23(30)13-24-26(6,16-33-20(5)28)14-21(29)15-27(22,24)7/h11,18,21-24,29-30H,4,8-10,12-16H2,1-3,5-7H3/b17-11+/t18-,21+,22-,23+,24-,26+,27+/m0/s1. The summed E-state index contributed by atoms with van der Waals surface area (Å²) in [5.41, 5.74) is 1.28. The Bertz CT molecular complexity index is 758. The zero-order chi connectivity index (χ0) is 25.0. The molecule has 0 aliphatic heterocycles. The minimum absolute atomic E-state index is 0.0314. The minimum atomic E-state index is -0.610. The van der Waals surface area contributed by atoms with Gasteiger partial charge in [0.1, 0.15) is 6.61 Å². The first-order chi connectivity index (χ1) is 15.3. The smallest absolute Gasteiger partial charge is 0.308 e. The van der Waals surface area contributed by atoms with Gasteiger partial charge in [-0.25, -0.2) is 0 Å². The number of esters is 2. The highest BCUT2D eigenvalue weighted by Crippen LogP contribution is 2.62. The first kappa shape index (κ1) is 27.6. The summed E-state index contributed by atoms with van der Waals surface area (Å²) in [5, 5.41) is 21.7. The monoisotopic (exact) mass is 464 g/mol. The van der Waals surface area contributed by atoms with E-state index in [1.165, 1.54) is 6.92 Å². The molecule has 2 N–H and O–H groups in total. The van der Waals surface area contributed by atoms with Gasteiger partial charge in [-0.2, -0.15) is 0 Å². The molecule has 2 saturated carbocycles. The Balaban J connectivity index is 2.15. The zero-order valence-electron chi connectivity index (χ0n) is 21.4. The lowest BCUT2D eigenvalue weighted by Gasteiger charge is -2.60. The van der Waals surface area contributed by atoms with Crippen molar-refractivity contribution in [3.05, 3.63) is 23.8 Å². The van der Waals surface area contributed by atoms with E-state index in [2.05, 4.69) is 20.4 Å². The average Bonchev–Trinajstić information content (AvgIpc) is 2.73. The first-order valence-corrected chi connectivity index (χ1v) is 12.3. The lowest BCUT2D eigenvalue weighted by molar-refractivity contribution is -0.167. The quantitative estimate of drug-likeness (QED) is 0.383. The largest absolute Gasteiger partial charge is 0.465 e. The van der Waals surface area contributed by atoms with Crippen LogP contribution in [0.3, 0.4) is 0 Å². The van der Waals surface area contributed by atoms with Crippen molar-refractivity contribution in [1.82, 2.24) is 0 Å². The molecule has 33 heavy (non-hydrogen) atoms. The Morgan fingerprint density at radius 3 is 2.48 bits per heavy atom.